The normalized spacial score (nSPS) is 12.2. The van der Waals surface area contributed by atoms with Gasteiger partial charge >= 0.3 is 0 Å². The van der Waals surface area contributed by atoms with Crippen molar-refractivity contribution in [2.24, 2.45) is 12.8 Å². The molecule has 0 saturated carbocycles. The third-order valence-electron chi connectivity index (χ3n) is 2.05. The van der Waals surface area contributed by atoms with E-state index in [0.29, 0.717) is 6.04 Å². The van der Waals surface area contributed by atoms with Gasteiger partial charge in [-0.2, -0.15) is 0 Å². The molecule has 1 unspecified atom stereocenters. The zero-order valence-electron chi connectivity index (χ0n) is 7.66. The highest BCUT2D eigenvalue weighted by Gasteiger charge is 2.02. The standard InChI is InChI=1S/C9H16N2.ClH/c1-3-8(10)7-9-5-4-6-11(9)2;/h4-6,8H,3,7,10H2,1-2H3;1H. The van der Waals surface area contributed by atoms with Crippen LogP contribution in [0.15, 0.2) is 18.3 Å². The average Bonchev–Trinajstić information content (AvgIpc) is 2.37. The summed E-state index contributed by atoms with van der Waals surface area (Å²) < 4.78 is 2.12. The lowest BCUT2D eigenvalue weighted by Crippen LogP contribution is -2.22. The van der Waals surface area contributed by atoms with E-state index >= 15 is 0 Å². The molecule has 1 atom stereocenters. The SMILES string of the molecule is CCC(N)Cc1cccn1C.Cl. The van der Waals surface area contributed by atoms with Crippen molar-refractivity contribution >= 4 is 12.4 Å². The minimum Gasteiger partial charge on any atom is -0.354 e. The van der Waals surface area contributed by atoms with E-state index in [-0.39, 0.29) is 12.4 Å². The molecule has 12 heavy (non-hydrogen) atoms. The summed E-state index contributed by atoms with van der Waals surface area (Å²) in [5.41, 5.74) is 7.14. The van der Waals surface area contributed by atoms with Gasteiger partial charge in [0.1, 0.15) is 0 Å². The van der Waals surface area contributed by atoms with E-state index in [0.717, 1.165) is 12.8 Å². The summed E-state index contributed by atoms with van der Waals surface area (Å²) in [4.78, 5) is 0. The highest BCUT2D eigenvalue weighted by Crippen LogP contribution is 2.03. The van der Waals surface area contributed by atoms with Gasteiger partial charge < -0.3 is 10.3 Å². The Kier molecular flexibility index (Phi) is 5.02. The van der Waals surface area contributed by atoms with Gasteiger partial charge in [-0.15, -0.1) is 12.4 Å². The van der Waals surface area contributed by atoms with E-state index in [1.807, 2.05) is 0 Å². The van der Waals surface area contributed by atoms with Crippen molar-refractivity contribution < 1.29 is 0 Å². The van der Waals surface area contributed by atoms with Crippen molar-refractivity contribution in [3.05, 3.63) is 24.0 Å². The van der Waals surface area contributed by atoms with Gasteiger partial charge in [0.05, 0.1) is 0 Å². The van der Waals surface area contributed by atoms with Gasteiger partial charge in [-0.25, -0.2) is 0 Å². The third-order valence-corrected chi connectivity index (χ3v) is 2.05. The smallest absolute Gasteiger partial charge is 0.0187 e. The zero-order chi connectivity index (χ0) is 8.27. The Bertz CT molecular complexity index is 220. The van der Waals surface area contributed by atoms with E-state index in [4.69, 9.17) is 5.73 Å². The lowest BCUT2D eigenvalue weighted by molar-refractivity contribution is 0.621. The van der Waals surface area contributed by atoms with Crippen LogP contribution in [0, 0.1) is 0 Å². The van der Waals surface area contributed by atoms with E-state index in [2.05, 4.69) is 36.9 Å². The first-order valence-corrected chi connectivity index (χ1v) is 4.09. The Morgan fingerprint density at radius 1 is 1.58 bits per heavy atom. The summed E-state index contributed by atoms with van der Waals surface area (Å²) in [5, 5.41) is 0. The predicted molar refractivity (Wildman–Crippen MR) is 54.6 cm³/mol. The number of aryl methyl sites for hydroxylation is 1. The molecule has 0 bridgehead atoms. The summed E-state index contributed by atoms with van der Waals surface area (Å²) >= 11 is 0. The van der Waals surface area contributed by atoms with Crippen molar-refractivity contribution in [3.63, 3.8) is 0 Å². The zero-order valence-corrected chi connectivity index (χ0v) is 8.47. The van der Waals surface area contributed by atoms with Crippen molar-refractivity contribution in [1.82, 2.24) is 4.57 Å². The maximum Gasteiger partial charge on any atom is 0.0187 e. The lowest BCUT2D eigenvalue weighted by Gasteiger charge is -2.08. The van der Waals surface area contributed by atoms with Crippen molar-refractivity contribution in [1.29, 1.82) is 0 Å². The highest BCUT2D eigenvalue weighted by molar-refractivity contribution is 5.85. The Labute approximate surface area is 80.2 Å². The molecule has 0 saturated heterocycles. The summed E-state index contributed by atoms with van der Waals surface area (Å²) in [7, 11) is 2.05. The van der Waals surface area contributed by atoms with Gasteiger partial charge in [-0.1, -0.05) is 6.92 Å². The molecule has 0 amide bonds. The second-order valence-corrected chi connectivity index (χ2v) is 2.98. The molecule has 3 heteroatoms. The Hall–Kier alpha value is -0.470. The molecular weight excluding hydrogens is 172 g/mol. The second kappa shape index (κ2) is 5.22. The van der Waals surface area contributed by atoms with Crippen LogP contribution in [0.2, 0.25) is 0 Å². The van der Waals surface area contributed by atoms with E-state index in [1.165, 1.54) is 5.69 Å². The number of nitrogens with zero attached hydrogens (tertiary/aromatic N) is 1. The van der Waals surface area contributed by atoms with Crippen molar-refractivity contribution in [2.75, 3.05) is 0 Å². The van der Waals surface area contributed by atoms with Crippen LogP contribution in [0.3, 0.4) is 0 Å². The second-order valence-electron chi connectivity index (χ2n) is 2.98. The fraction of sp³-hybridized carbons (Fsp3) is 0.556. The molecule has 1 aromatic rings. The number of rotatable bonds is 3. The number of nitrogens with two attached hydrogens (primary N) is 1. The van der Waals surface area contributed by atoms with Gasteiger partial charge in [-0.3, -0.25) is 0 Å². The van der Waals surface area contributed by atoms with Crippen molar-refractivity contribution in [2.45, 2.75) is 25.8 Å². The van der Waals surface area contributed by atoms with Gasteiger partial charge in [-0.05, 0) is 18.6 Å². The topological polar surface area (TPSA) is 30.9 Å². The highest BCUT2D eigenvalue weighted by atomic mass is 35.5. The van der Waals surface area contributed by atoms with Crippen LogP contribution < -0.4 is 5.73 Å². The Morgan fingerprint density at radius 3 is 2.67 bits per heavy atom. The van der Waals surface area contributed by atoms with Crippen molar-refractivity contribution in [3.8, 4) is 0 Å². The van der Waals surface area contributed by atoms with Crippen LogP contribution in [0.4, 0.5) is 0 Å². The van der Waals surface area contributed by atoms with Crippen LogP contribution in [0.5, 0.6) is 0 Å². The minimum atomic E-state index is 0. The molecule has 1 heterocycles. The maximum absolute atomic E-state index is 5.82. The van der Waals surface area contributed by atoms with E-state index in [1.54, 1.807) is 0 Å². The lowest BCUT2D eigenvalue weighted by atomic mass is 10.1. The first-order chi connectivity index (χ1) is 5.24. The monoisotopic (exact) mass is 188 g/mol. The molecule has 1 aromatic heterocycles. The molecule has 0 aliphatic carbocycles. The number of hydrogen-bond acceptors (Lipinski definition) is 1. The average molecular weight is 189 g/mol. The molecule has 2 N–H and O–H groups in total. The summed E-state index contributed by atoms with van der Waals surface area (Å²) in [5.74, 6) is 0. The fourth-order valence-electron chi connectivity index (χ4n) is 1.12. The Morgan fingerprint density at radius 2 is 2.25 bits per heavy atom. The molecule has 2 nitrogen and oxygen atoms in total. The molecule has 1 rings (SSSR count). The number of hydrogen-bond donors (Lipinski definition) is 1. The molecule has 0 radical (unpaired) electrons. The quantitative estimate of drug-likeness (QED) is 0.770. The first kappa shape index (κ1) is 11.5. The summed E-state index contributed by atoms with van der Waals surface area (Å²) in [6, 6.07) is 4.48. The van der Waals surface area contributed by atoms with Crippen LogP contribution >= 0.6 is 12.4 Å². The largest absolute Gasteiger partial charge is 0.354 e. The van der Waals surface area contributed by atoms with E-state index < -0.39 is 0 Å². The van der Waals surface area contributed by atoms with Gasteiger partial charge in [0.25, 0.3) is 0 Å². The van der Waals surface area contributed by atoms with Crippen LogP contribution in [0.25, 0.3) is 0 Å². The molecule has 0 aliphatic rings. The minimum absolute atomic E-state index is 0. The van der Waals surface area contributed by atoms with E-state index in [9.17, 15) is 0 Å². The van der Waals surface area contributed by atoms with Crippen LogP contribution in [0.1, 0.15) is 19.0 Å². The fourth-order valence-corrected chi connectivity index (χ4v) is 1.12. The molecular formula is C9H17ClN2. The molecule has 0 spiro atoms. The maximum atomic E-state index is 5.82. The van der Waals surface area contributed by atoms with Crippen LogP contribution in [-0.2, 0) is 13.5 Å². The molecule has 70 valence electrons. The first-order valence-electron chi connectivity index (χ1n) is 4.09. The predicted octanol–water partition coefficient (Wildman–Crippen LogP) is 1.73. The molecule has 0 aliphatic heterocycles. The third kappa shape index (κ3) is 2.88. The molecule has 0 aromatic carbocycles. The number of aromatic nitrogens is 1. The van der Waals surface area contributed by atoms with Gasteiger partial charge in [0.15, 0.2) is 0 Å². The summed E-state index contributed by atoms with van der Waals surface area (Å²) in [6.07, 6.45) is 4.09. The summed E-state index contributed by atoms with van der Waals surface area (Å²) in [6.45, 7) is 2.12. The van der Waals surface area contributed by atoms with Gasteiger partial charge in [0.2, 0.25) is 0 Å². The Balaban J connectivity index is 0.00000121. The number of halogens is 1. The van der Waals surface area contributed by atoms with Gasteiger partial charge in [0, 0.05) is 31.4 Å². The molecule has 0 fully saturated rings. The van der Waals surface area contributed by atoms with Crippen LogP contribution in [-0.4, -0.2) is 10.6 Å².